The molecule has 0 aromatic heterocycles. The zero-order chi connectivity index (χ0) is 23.8. The molecule has 2 aliphatic rings. The van der Waals surface area contributed by atoms with Gasteiger partial charge in [0, 0.05) is 24.2 Å². The lowest BCUT2D eigenvalue weighted by Gasteiger charge is -2.44. The minimum absolute atomic E-state index is 0.185. The summed E-state index contributed by atoms with van der Waals surface area (Å²) in [5.74, 6) is 0.661. The molecule has 4 rings (SSSR count). The van der Waals surface area contributed by atoms with Gasteiger partial charge < -0.3 is 19.0 Å². The number of anilines is 2. The van der Waals surface area contributed by atoms with E-state index in [9.17, 15) is 4.79 Å². The number of hydrogen-bond donors (Lipinski definition) is 0. The first kappa shape index (κ1) is 24.3. The van der Waals surface area contributed by atoms with Crippen molar-refractivity contribution in [3.05, 3.63) is 58.6 Å². The Morgan fingerprint density at radius 2 is 1.79 bits per heavy atom. The fourth-order valence-corrected chi connectivity index (χ4v) is 5.59. The van der Waals surface area contributed by atoms with Gasteiger partial charge in [-0.3, -0.25) is 0 Å². The first-order valence-electron chi connectivity index (χ1n) is 12.1. The Labute approximate surface area is 205 Å². The Morgan fingerprint density at radius 1 is 1.09 bits per heavy atom. The van der Waals surface area contributed by atoms with E-state index in [2.05, 4.69) is 74.0 Å². The van der Waals surface area contributed by atoms with E-state index in [-0.39, 0.29) is 5.04 Å². The van der Waals surface area contributed by atoms with E-state index >= 15 is 0 Å². The Balaban J connectivity index is 1.62. The van der Waals surface area contributed by atoms with E-state index in [0.717, 1.165) is 35.8 Å². The van der Waals surface area contributed by atoms with Gasteiger partial charge in [-0.1, -0.05) is 56.6 Å². The minimum Gasteiger partial charge on any atom is -0.413 e. The van der Waals surface area contributed by atoms with Gasteiger partial charge in [0.05, 0.1) is 24.5 Å². The molecule has 0 amide bonds. The van der Waals surface area contributed by atoms with Gasteiger partial charge >= 0.3 is 0 Å². The van der Waals surface area contributed by atoms with Gasteiger partial charge in [-0.15, -0.1) is 0 Å². The van der Waals surface area contributed by atoms with Crippen LogP contribution in [0.15, 0.2) is 42.5 Å². The molecule has 0 bridgehead atoms. The summed E-state index contributed by atoms with van der Waals surface area (Å²) in [7, 11) is -1.83. The van der Waals surface area contributed by atoms with E-state index in [1.165, 1.54) is 24.0 Å². The predicted octanol–water partition coefficient (Wildman–Crippen LogP) is 6.67. The highest BCUT2D eigenvalue weighted by Crippen LogP contribution is 2.45. The molecule has 0 saturated heterocycles. The number of aldehydes is 1. The van der Waals surface area contributed by atoms with Crippen LogP contribution >= 0.6 is 11.6 Å². The molecule has 0 N–H and O–H groups in total. The van der Waals surface area contributed by atoms with E-state index in [4.69, 9.17) is 16.0 Å². The molecule has 4 nitrogen and oxygen atoms in total. The van der Waals surface area contributed by atoms with Gasteiger partial charge in [0.2, 0.25) is 0 Å². The molecule has 0 unspecified atom stereocenters. The third-order valence-corrected chi connectivity index (χ3v) is 12.4. The summed E-state index contributed by atoms with van der Waals surface area (Å²) in [4.78, 5) is 16.2. The molecule has 2 aromatic rings. The highest BCUT2D eigenvalue weighted by atomic mass is 35.5. The lowest BCUT2D eigenvalue weighted by atomic mass is 10.0. The summed E-state index contributed by atoms with van der Waals surface area (Å²) >= 11 is 6.42. The zero-order valence-corrected chi connectivity index (χ0v) is 22.4. The van der Waals surface area contributed by atoms with Crippen molar-refractivity contribution in [3.8, 4) is 0 Å². The largest absolute Gasteiger partial charge is 0.413 e. The maximum Gasteiger partial charge on any atom is 0.192 e. The summed E-state index contributed by atoms with van der Waals surface area (Å²) < 4.78 is 6.57. The number of carbonyl (C=O) groups is 1. The van der Waals surface area contributed by atoms with Crippen molar-refractivity contribution in [2.45, 2.75) is 70.9 Å². The minimum atomic E-state index is -1.83. The van der Waals surface area contributed by atoms with Crippen molar-refractivity contribution in [2.75, 3.05) is 22.9 Å². The van der Waals surface area contributed by atoms with E-state index in [1.54, 1.807) is 0 Å². The fourth-order valence-electron chi connectivity index (χ4n) is 4.48. The average Bonchev–Trinajstić information content (AvgIpc) is 3.59. The maximum atomic E-state index is 11.5. The molecule has 33 heavy (non-hydrogen) atoms. The van der Waals surface area contributed by atoms with Crippen LogP contribution < -0.4 is 9.80 Å². The second-order valence-electron chi connectivity index (χ2n) is 11.1. The maximum absolute atomic E-state index is 11.5. The zero-order valence-electron chi connectivity index (χ0n) is 20.6. The summed E-state index contributed by atoms with van der Waals surface area (Å²) in [5.41, 5.74) is 4.77. The Bertz CT molecular complexity index is 1000. The number of nitrogens with zero attached hydrogens (tertiary/aromatic N) is 2. The average molecular weight is 485 g/mol. The van der Waals surface area contributed by atoms with Crippen LogP contribution in [0.4, 0.5) is 11.4 Å². The molecule has 178 valence electrons. The van der Waals surface area contributed by atoms with Crippen molar-refractivity contribution < 1.29 is 9.22 Å². The molecule has 6 heteroatoms. The molecule has 2 aromatic carbocycles. The van der Waals surface area contributed by atoms with Crippen LogP contribution in [0.1, 0.15) is 44.7 Å². The molecule has 1 aliphatic heterocycles. The monoisotopic (exact) mass is 484 g/mol. The SMILES string of the molecule is CC(C)(C)[Si](C)(C)OCc1ccccc1CN1C[C@H](C2CC2)N(CC=O)c2ccc(Cl)cc21. The quantitative estimate of drug-likeness (QED) is 0.309. The molecule has 0 spiro atoms. The second kappa shape index (κ2) is 9.44. The third-order valence-electron chi connectivity index (χ3n) is 7.71. The molecule has 1 fully saturated rings. The van der Waals surface area contributed by atoms with Crippen LogP contribution in [-0.2, 0) is 22.4 Å². The predicted molar refractivity (Wildman–Crippen MR) is 141 cm³/mol. The lowest BCUT2D eigenvalue weighted by Crippen LogP contribution is -2.50. The van der Waals surface area contributed by atoms with Gasteiger partial charge in [0.15, 0.2) is 8.32 Å². The van der Waals surface area contributed by atoms with E-state index in [0.29, 0.717) is 25.1 Å². The lowest BCUT2D eigenvalue weighted by molar-refractivity contribution is -0.106. The summed E-state index contributed by atoms with van der Waals surface area (Å²) in [6, 6.07) is 15.1. The molecular formula is C27H37ClN2O2Si. The first-order chi connectivity index (χ1) is 15.6. The second-order valence-corrected chi connectivity index (χ2v) is 16.3. The van der Waals surface area contributed by atoms with Gasteiger partial charge in [-0.05, 0) is 66.2 Å². The van der Waals surface area contributed by atoms with Crippen molar-refractivity contribution >= 4 is 37.6 Å². The Hall–Kier alpha value is -1.82. The highest BCUT2D eigenvalue weighted by Gasteiger charge is 2.41. The Kier molecular flexibility index (Phi) is 6.95. The number of halogens is 1. The molecular weight excluding hydrogens is 448 g/mol. The Morgan fingerprint density at radius 3 is 2.42 bits per heavy atom. The molecule has 1 saturated carbocycles. The standard InChI is InChI=1S/C27H37ClN2O2Si/c1-27(2,3)33(4,5)32-19-22-9-7-6-8-21(22)17-29-18-26(20-10-11-20)30(14-15-31)24-13-12-23(28)16-25(24)29/h6-9,12-13,15-16,20,26H,10-11,14,17-19H2,1-5H3/t26-/m1/s1. The van der Waals surface area contributed by atoms with Crippen LogP contribution in [0, 0.1) is 5.92 Å². The normalized spacial score (nSPS) is 18.9. The van der Waals surface area contributed by atoms with Crippen LogP contribution in [-0.4, -0.2) is 33.7 Å². The first-order valence-corrected chi connectivity index (χ1v) is 15.3. The van der Waals surface area contributed by atoms with Crippen LogP contribution in [0.25, 0.3) is 0 Å². The number of fused-ring (bicyclic) bond motifs is 1. The van der Waals surface area contributed by atoms with Crippen molar-refractivity contribution in [3.63, 3.8) is 0 Å². The van der Waals surface area contributed by atoms with Crippen LogP contribution in [0.3, 0.4) is 0 Å². The van der Waals surface area contributed by atoms with Crippen LogP contribution in [0.5, 0.6) is 0 Å². The summed E-state index contributed by atoms with van der Waals surface area (Å²) in [6.07, 6.45) is 3.51. The van der Waals surface area contributed by atoms with Gasteiger partial charge in [0.1, 0.15) is 6.29 Å². The number of rotatable bonds is 8. The van der Waals surface area contributed by atoms with Crippen molar-refractivity contribution in [1.29, 1.82) is 0 Å². The molecule has 1 aliphatic carbocycles. The third kappa shape index (κ3) is 5.31. The number of hydrogen-bond acceptors (Lipinski definition) is 4. The van der Waals surface area contributed by atoms with Gasteiger partial charge in [-0.2, -0.15) is 0 Å². The van der Waals surface area contributed by atoms with Crippen molar-refractivity contribution in [1.82, 2.24) is 0 Å². The highest BCUT2D eigenvalue weighted by molar-refractivity contribution is 6.74. The van der Waals surface area contributed by atoms with Gasteiger partial charge in [0.25, 0.3) is 0 Å². The molecule has 1 atom stereocenters. The smallest absolute Gasteiger partial charge is 0.192 e. The molecule has 1 heterocycles. The van der Waals surface area contributed by atoms with Crippen molar-refractivity contribution in [2.24, 2.45) is 5.92 Å². The van der Waals surface area contributed by atoms with Crippen LogP contribution in [0.2, 0.25) is 23.2 Å². The molecule has 0 radical (unpaired) electrons. The fraction of sp³-hybridized carbons (Fsp3) is 0.519. The number of benzene rings is 2. The van der Waals surface area contributed by atoms with E-state index < -0.39 is 8.32 Å². The summed E-state index contributed by atoms with van der Waals surface area (Å²) in [6.45, 7) is 14.2. The number of carbonyl (C=O) groups excluding carboxylic acids is 1. The van der Waals surface area contributed by atoms with E-state index in [1.807, 2.05) is 12.1 Å². The summed E-state index contributed by atoms with van der Waals surface area (Å²) in [5, 5.41) is 0.911. The van der Waals surface area contributed by atoms with Gasteiger partial charge in [-0.25, -0.2) is 0 Å². The topological polar surface area (TPSA) is 32.8 Å².